The van der Waals surface area contributed by atoms with Gasteiger partial charge >= 0.3 is 63.4 Å². The molecular formula is C92H128N6O38P2. The number of hydrogen-bond donors (Lipinski definition) is 10. The minimum absolute atomic E-state index is 0.0160. The van der Waals surface area contributed by atoms with Crippen molar-refractivity contribution in [2.24, 2.45) is 11.5 Å². The van der Waals surface area contributed by atoms with Crippen LogP contribution in [0.15, 0.2) is 146 Å². The molecule has 0 aromatic heterocycles. The van der Waals surface area contributed by atoms with Crippen LogP contribution in [0.25, 0.3) is 0 Å². The molecule has 6 atom stereocenters. The van der Waals surface area contributed by atoms with Crippen molar-refractivity contribution in [2.75, 3.05) is 105 Å². The monoisotopic (exact) mass is 1990 g/mol. The van der Waals surface area contributed by atoms with Crippen molar-refractivity contribution < 1.29 is 181 Å². The van der Waals surface area contributed by atoms with E-state index in [2.05, 4.69) is 30.7 Å². The first-order valence-electron chi connectivity index (χ1n) is 43.2. The largest absolute Gasteiger partial charge is 0.478 e. The topological polar surface area (TPSA) is 605 Å². The SMILES string of the molecule is CC(=O)Oc1ccccc1C(=O)NCC(O)CO.CC(=O)Oc1ccccc1C(=O)NCC1COC(C)(C)O1.CC(=O)Oc1ccccc1C(=O)NCC1COC(C)(C)O1.CC(=O)Oc1ccccc1C(=O)O.CC(=O)Oc1ccccc1C(=O)O.CC1(C)OCC(CN)O1.CC1(C)OCC(CN)O1.CCOP(=O)(OCC)OCC(CNC(=O)c1ccccc1OC(C)=O)OP(=O)(OCC)OCC. The minimum Gasteiger partial charge on any atom is -0.478 e. The smallest absolute Gasteiger partial charge is 0.475 e. The lowest BCUT2D eigenvalue weighted by atomic mass is 10.2. The van der Waals surface area contributed by atoms with Gasteiger partial charge in [-0.05, 0) is 156 Å². The summed E-state index contributed by atoms with van der Waals surface area (Å²) in [5.41, 5.74) is 11.6. The van der Waals surface area contributed by atoms with Crippen molar-refractivity contribution in [1.82, 2.24) is 21.3 Å². The normalized spacial score (nSPS) is 16.9. The molecule has 0 bridgehead atoms. The summed E-state index contributed by atoms with van der Waals surface area (Å²) in [4.78, 5) is 135. The van der Waals surface area contributed by atoms with Crippen LogP contribution in [0.5, 0.6) is 34.5 Å². The molecule has 0 spiro atoms. The van der Waals surface area contributed by atoms with Crippen LogP contribution in [-0.4, -0.2) is 257 Å². The molecule has 0 aliphatic carbocycles. The summed E-state index contributed by atoms with van der Waals surface area (Å²) < 4.78 is 129. The predicted octanol–water partition coefficient (Wildman–Crippen LogP) is 9.60. The third kappa shape index (κ3) is 47.8. The van der Waals surface area contributed by atoms with Crippen LogP contribution in [0.1, 0.15) is 187 Å². The van der Waals surface area contributed by atoms with Gasteiger partial charge in [-0.2, -0.15) is 0 Å². The molecule has 10 rings (SSSR count). The van der Waals surface area contributed by atoms with Crippen molar-refractivity contribution in [3.63, 3.8) is 0 Å². The van der Waals surface area contributed by atoms with Gasteiger partial charge in [0.2, 0.25) is 0 Å². The number of ether oxygens (including phenoxy) is 14. The standard InChI is InChI=1S/C20H33NO11P2.2C15H19NO5.C12H15NO5.2C9H8O4.2C6H13NO2/c1-6-26-33(24,27-7-2)30-15-17(32-34(25,28-8-3)29-9-4)14-21-20(23)18-12-10-11-13-19(18)31-16(5)22;2*1-10(17)20-13-7-5-4-6-12(13)14(18)16-8-11-9-19-15(2,3)21-11;1-8(15)18-11-5-3-2-4-10(11)12(17)13-6-9(16)7-14;2*1-6(10)13-8-5-3-2-4-7(8)9(11)12;2*1-6(2)8-4-5(3-7)9-6/h10-13,17H,6-9,14-15H2,1-5H3,(H,21,23);2*4-7,11H,8-9H2,1-3H3,(H,16,18);2-5,9,14,16H,6-7H2,1H3,(H,13,17);2*2-5H,1H3,(H,11,12);2*5H,3-4,7H2,1-2H3. The van der Waals surface area contributed by atoms with Crippen LogP contribution < -0.4 is 61.2 Å². The lowest BCUT2D eigenvalue weighted by Crippen LogP contribution is -2.36. The zero-order valence-corrected chi connectivity index (χ0v) is 82.1. The quantitative estimate of drug-likeness (QED) is 0.00993. The Kier molecular flexibility index (Phi) is 53.6. The molecule has 4 aliphatic heterocycles. The number of carbonyl (C=O) groups excluding carboxylic acids is 10. The van der Waals surface area contributed by atoms with E-state index in [4.69, 9.17) is 116 Å². The average Bonchev–Trinajstić information content (AvgIpc) is 0.952. The Bertz CT molecular complexity index is 4800. The zero-order valence-electron chi connectivity index (χ0n) is 80.4. The number of hydrogen-bond acceptors (Lipinski definition) is 38. The Morgan fingerprint density at radius 3 is 0.819 bits per heavy atom. The highest BCUT2D eigenvalue weighted by Gasteiger charge is 2.38. The maximum Gasteiger partial charge on any atom is 0.475 e. The van der Waals surface area contributed by atoms with E-state index in [0.717, 1.165) is 0 Å². The number of nitrogens with one attached hydrogen (secondary N) is 4. The average molecular weight is 1990 g/mol. The molecule has 4 amide bonds. The minimum atomic E-state index is -4.02. The number of aromatic carboxylic acids is 2. The van der Waals surface area contributed by atoms with E-state index in [9.17, 15) is 66.7 Å². The van der Waals surface area contributed by atoms with Crippen molar-refractivity contribution in [3.8, 4) is 34.5 Å². The summed E-state index contributed by atoms with van der Waals surface area (Å²) in [6, 6.07) is 37.5. The van der Waals surface area contributed by atoms with E-state index in [-0.39, 0.29) is 132 Å². The molecule has 138 heavy (non-hydrogen) atoms. The number of para-hydroxylation sites is 6. The maximum atomic E-state index is 12.9. The Hall–Kier alpha value is -11.3. The number of rotatable bonds is 36. The van der Waals surface area contributed by atoms with E-state index in [1.54, 1.807) is 125 Å². The first kappa shape index (κ1) is 121. The van der Waals surface area contributed by atoms with Gasteiger partial charge in [-0.3, -0.25) is 75.1 Å². The number of carboxylic acids is 2. The number of esters is 6. The molecule has 6 aromatic rings. The number of phosphoric ester groups is 2. The molecule has 46 heteroatoms. The molecule has 764 valence electrons. The highest BCUT2D eigenvalue weighted by molar-refractivity contribution is 7.48. The summed E-state index contributed by atoms with van der Waals surface area (Å²) in [6.45, 7) is 31.6. The molecule has 4 saturated heterocycles. The number of aliphatic hydroxyl groups is 2. The molecule has 4 fully saturated rings. The fourth-order valence-corrected chi connectivity index (χ4v) is 14.0. The van der Waals surface area contributed by atoms with Crippen LogP contribution >= 0.6 is 15.6 Å². The van der Waals surface area contributed by atoms with E-state index in [0.29, 0.717) is 63.7 Å². The summed E-state index contributed by atoms with van der Waals surface area (Å²) in [6.07, 6.45) is -2.34. The number of carboxylic acid groups (broad SMARTS) is 2. The number of benzene rings is 6. The molecular weight excluding hydrogens is 1860 g/mol. The lowest BCUT2D eigenvalue weighted by Gasteiger charge is -2.25. The fraction of sp³-hybridized carbons (Fsp3) is 0.478. The lowest BCUT2D eigenvalue weighted by molar-refractivity contribution is -0.138. The van der Waals surface area contributed by atoms with Gasteiger partial charge in [0, 0.05) is 80.8 Å². The Morgan fingerprint density at radius 1 is 0.362 bits per heavy atom. The fourth-order valence-electron chi connectivity index (χ4n) is 11.5. The zero-order chi connectivity index (χ0) is 104. The van der Waals surface area contributed by atoms with Crippen LogP contribution in [0, 0.1) is 0 Å². The summed E-state index contributed by atoms with van der Waals surface area (Å²) in [5.74, 6) is -8.30. The predicted molar refractivity (Wildman–Crippen MR) is 493 cm³/mol. The first-order chi connectivity index (χ1) is 64.9. The van der Waals surface area contributed by atoms with E-state index in [1.807, 2.05) is 55.4 Å². The van der Waals surface area contributed by atoms with Gasteiger partial charge in [0.05, 0.1) is 107 Å². The van der Waals surface area contributed by atoms with Crippen LogP contribution in [0.3, 0.4) is 0 Å². The Morgan fingerprint density at radius 2 is 0.594 bits per heavy atom. The van der Waals surface area contributed by atoms with Crippen LogP contribution in [0.2, 0.25) is 0 Å². The summed E-state index contributed by atoms with van der Waals surface area (Å²) >= 11 is 0. The maximum absolute atomic E-state index is 12.9. The number of carbonyl (C=O) groups is 12. The van der Waals surface area contributed by atoms with E-state index >= 15 is 0 Å². The van der Waals surface area contributed by atoms with Crippen LogP contribution in [-0.2, 0) is 103 Å². The number of aliphatic hydroxyl groups excluding tert-OH is 2. The molecule has 44 nitrogen and oxygen atoms in total. The summed E-state index contributed by atoms with van der Waals surface area (Å²) in [7, 11) is -7.94. The third-order valence-electron chi connectivity index (χ3n) is 17.1. The second-order valence-corrected chi connectivity index (χ2v) is 34.0. The second-order valence-electron chi connectivity index (χ2n) is 30.7. The van der Waals surface area contributed by atoms with Crippen LogP contribution in [0.4, 0.5) is 0 Å². The highest BCUT2D eigenvalue weighted by atomic mass is 31.2. The van der Waals surface area contributed by atoms with Crippen molar-refractivity contribution in [2.45, 2.75) is 184 Å². The number of phosphoric acid groups is 2. The summed E-state index contributed by atoms with van der Waals surface area (Å²) in [5, 5.41) is 45.6. The molecule has 6 aromatic carbocycles. The Labute approximate surface area is 800 Å². The van der Waals surface area contributed by atoms with E-state index < -0.39 is 124 Å². The van der Waals surface area contributed by atoms with Gasteiger partial charge in [-0.25, -0.2) is 18.7 Å². The van der Waals surface area contributed by atoms with Gasteiger partial charge in [0.25, 0.3) is 23.6 Å². The Balaban J connectivity index is 0.000000420. The van der Waals surface area contributed by atoms with E-state index in [1.165, 1.54) is 90.1 Å². The van der Waals surface area contributed by atoms with Crippen molar-refractivity contribution >= 4 is 87.0 Å². The molecule has 6 unspecified atom stereocenters. The highest BCUT2D eigenvalue weighted by Crippen LogP contribution is 2.53. The van der Waals surface area contributed by atoms with Crippen molar-refractivity contribution in [1.29, 1.82) is 0 Å². The number of amides is 4. The van der Waals surface area contributed by atoms with Gasteiger partial charge < -0.3 is 119 Å². The third-order valence-corrected chi connectivity index (χ3v) is 20.4. The molecule has 0 radical (unpaired) electrons. The number of nitrogens with two attached hydrogens (primary N) is 2. The molecule has 0 saturated carbocycles. The van der Waals surface area contributed by atoms with Gasteiger partial charge in [0.1, 0.15) is 63.9 Å². The van der Waals surface area contributed by atoms with Gasteiger partial charge in [-0.15, -0.1) is 0 Å². The van der Waals surface area contributed by atoms with Crippen molar-refractivity contribution in [3.05, 3.63) is 179 Å². The first-order valence-corrected chi connectivity index (χ1v) is 46.1. The van der Waals surface area contributed by atoms with Gasteiger partial charge in [-0.1, -0.05) is 72.8 Å². The van der Waals surface area contributed by atoms with Gasteiger partial charge in [0.15, 0.2) is 23.1 Å². The second kappa shape index (κ2) is 61.2. The molecule has 4 aliphatic rings. The molecule has 12 N–H and O–H groups in total. The molecule has 4 heterocycles.